The minimum Gasteiger partial charge on any atom is -0.497 e. The van der Waals surface area contributed by atoms with Gasteiger partial charge in [-0.15, -0.1) is 5.10 Å². The molecule has 0 radical (unpaired) electrons. The van der Waals surface area contributed by atoms with E-state index >= 15 is 0 Å². The van der Waals surface area contributed by atoms with Crippen LogP contribution in [-0.2, 0) is 4.74 Å². The van der Waals surface area contributed by atoms with Crippen molar-refractivity contribution in [3.8, 4) is 22.8 Å². The number of aromatic nitrogens is 3. The van der Waals surface area contributed by atoms with E-state index in [0.29, 0.717) is 5.82 Å². The topological polar surface area (TPSA) is 75.2 Å². The number of halogens is 1. The summed E-state index contributed by atoms with van der Waals surface area (Å²) in [6.45, 7) is 0. The molecule has 3 atom stereocenters. The molecule has 29 heavy (non-hydrogen) atoms. The summed E-state index contributed by atoms with van der Waals surface area (Å²) >= 11 is 0. The molecule has 1 aliphatic carbocycles. The van der Waals surface area contributed by atoms with E-state index < -0.39 is 0 Å². The molecular formula is C22H25FN4O2. The Kier molecular flexibility index (Phi) is 5.60. The second-order valence-electron chi connectivity index (χ2n) is 7.36. The Labute approximate surface area is 169 Å². The molecule has 3 aromatic rings. The van der Waals surface area contributed by atoms with Gasteiger partial charge in [-0.3, -0.25) is 0 Å². The maximum Gasteiger partial charge on any atom is 0.181 e. The number of hydrogen-bond donors (Lipinski definition) is 1. The van der Waals surface area contributed by atoms with E-state index in [1.54, 1.807) is 26.4 Å². The van der Waals surface area contributed by atoms with Crippen LogP contribution in [0.1, 0.15) is 31.0 Å². The number of methoxy groups -OCH3 is 2. The first-order chi connectivity index (χ1) is 14.1. The molecule has 0 spiro atoms. The van der Waals surface area contributed by atoms with Gasteiger partial charge < -0.3 is 15.2 Å². The number of ether oxygens (including phenoxy) is 2. The molecular weight excluding hydrogens is 371 g/mol. The zero-order valence-electron chi connectivity index (χ0n) is 16.6. The molecule has 0 bridgehead atoms. The van der Waals surface area contributed by atoms with Gasteiger partial charge in [0.2, 0.25) is 0 Å². The first kappa shape index (κ1) is 19.5. The van der Waals surface area contributed by atoms with E-state index in [1.807, 2.05) is 28.9 Å². The predicted molar refractivity (Wildman–Crippen MR) is 109 cm³/mol. The Morgan fingerprint density at radius 2 is 1.76 bits per heavy atom. The van der Waals surface area contributed by atoms with Crippen LogP contribution in [0.2, 0.25) is 0 Å². The van der Waals surface area contributed by atoms with Crippen molar-refractivity contribution in [1.29, 1.82) is 0 Å². The van der Waals surface area contributed by atoms with Crippen LogP contribution in [0, 0.1) is 5.82 Å². The van der Waals surface area contributed by atoms with E-state index in [-0.39, 0.29) is 23.9 Å². The summed E-state index contributed by atoms with van der Waals surface area (Å²) < 4.78 is 26.1. The summed E-state index contributed by atoms with van der Waals surface area (Å²) in [5.41, 5.74) is 7.87. The Morgan fingerprint density at radius 1 is 1.03 bits per heavy atom. The lowest BCUT2D eigenvalue weighted by Crippen LogP contribution is -2.41. The first-order valence-electron chi connectivity index (χ1n) is 9.74. The maximum absolute atomic E-state index is 13.3. The lowest BCUT2D eigenvalue weighted by Gasteiger charge is -2.32. The molecule has 152 valence electrons. The summed E-state index contributed by atoms with van der Waals surface area (Å²) in [6.07, 6.45) is 2.56. The van der Waals surface area contributed by atoms with Crippen molar-refractivity contribution < 1.29 is 13.9 Å². The fraction of sp³-hybridized carbons (Fsp3) is 0.364. The normalized spacial score (nSPS) is 21.9. The molecule has 1 fully saturated rings. The van der Waals surface area contributed by atoms with Gasteiger partial charge in [0, 0.05) is 24.6 Å². The molecule has 0 amide bonds. The molecule has 1 heterocycles. The van der Waals surface area contributed by atoms with Gasteiger partial charge in [-0.2, -0.15) is 0 Å². The van der Waals surface area contributed by atoms with Gasteiger partial charge in [-0.05, 0) is 67.8 Å². The van der Waals surface area contributed by atoms with Crippen LogP contribution in [0.25, 0.3) is 17.1 Å². The van der Waals surface area contributed by atoms with Gasteiger partial charge in [0.05, 0.1) is 18.9 Å². The van der Waals surface area contributed by atoms with Crippen LogP contribution < -0.4 is 10.5 Å². The highest BCUT2D eigenvalue weighted by molar-refractivity contribution is 5.55. The van der Waals surface area contributed by atoms with E-state index in [2.05, 4.69) is 0 Å². The van der Waals surface area contributed by atoms with Crippen molar-refractivity contribution >= 4 is 0 Å². The lowest BCUT2D eigenvalue weighted by atomic mass is 9.83. The molecule has 0 unspecified atom stereocenters. The minimum absolute atomic E-state index is 0.0101. The third-order valence-corrected chi connectivity index (χ3v) is 5.56. The van der Waals surface area contributed by atoms with Gasteiger partial charge >= 0.3 is 0 Å². The van der Waals surface area contributed by atoms with Crippen LogP contribution in [0.3, 0.4) is 0 Å². The van der Waals surface area contributed by atoms with Crippen molar-refractivity contribution in [1.82, 2.24) is 14.8 Å². The van der Waals surface area contributed by atoms with Crippen LogP contribution in [-0.4, -0.2) is 41.1 Å². The number of rotatable bonds is 5. The fourth-order valence-corrected chi connectivity index (χ4v) is 3.88. The Balaban J connectivity index is 1.75. The van der Waals surface area contributed by atoms with Gasteiger partial charge in [0.15, 0.2) is 5.82 Å². The van der Waals surface area contributed by atoms with Crippen molar-refractivity contribution in [3.05, 3.63) is 60.2 Å². The molecule has 1 saturated carbocycles. The fourth-order valence-electron chi connectivity index (χ4n) is 3.88. The second-order valence-corrected chi connectivity index (χ2v) is 7.36. The number of benzene rings is 2. The van der Waals surface area contributed by atoms with Gasteiger partial charge in [-0.25, -0.2) is 14.1 Å². The van der Waals surface area contributed by atoms with Crippen molar-refractivity contribution in [3.63, 3.8) is 0 Å². The third kappa shape index (κ3) is 4.02. The standard InChI is InChI=1S/C22H25FN4O2/c1-28-18-10-8-17(9-11-18)27-22(15-5-12-19(24)20(13-15)29-2)25-21(26-27)14-3-6-16(23)7-4-14/h3-4,6-11,15,19-20H,5,12-13,24H2,1-2H3/t15-,19+,20+/m0/s1. The number of hydrogen-bond acceptors (Lipinski definition) is 5. The summed E-state index contributed by atoms with van der Waals surface area (Å²) in [5, 5.41) is 4.75. The van der Waals surface area contributed by atoms with Crippen LogP contribution in [0.5, 0.6) is 5.75 Å². The number of nitrogens with two attached hydrogens (primary N) is 1. The molecule has 0 saturated heterocycles. The van der Waals surface area contributed by atoms with E-state index in [0.717, 1.165) is 42.1 Å². The average molecular weight is 396 g/mol. The Morgan fingerprint density at radius 3 is 2.41 bits per heavy atom. The van der Waals surface area contributed by atoms with Crippen molar-refractivity contribution in [2.75, 3.05) is 14.2 Å². The lowest BCUT2D eigenvalue weighted by molar-refractivity contribution is 0.0459. The summed E-state index contributed by atoms with van der Waals surface area (Å²) in [7, 11) is 3.34. The molecule has 1 aliphatic rings. The zero-order valence-corrected chi connectivity index (χ0v) is 16.6. The number of nitrogens with zero attached hydrogens (tertiary/aromatic N) is 3. The van der Waals surface area contributed by atoms with Crippen molar-refractivity contribution in [2.24, 2.45) is 5.73 Å². The van der Waals surface area contributed by atoms with Gasteiger partial charge in [0.25, 0.3) is 0 Å². The highest BCUT2D eigenvalue weighted by Gasteiger charge is 2.32. The molecule has 2 N–H and O–H groups in total. The zero-order chi connectivity index (χ0) is 20.4. The maximum atomic E-state index is 13.3. The van der Waals surface area contributed by atoms with Gasteiger partial charge in [0.1, 0.15) is 17.4 Å². The monoisotopic (exact) mass is 396 g/mol. The third-order valence-electron chi connectivity index (χ3n) is 5.56. The van der Waals surface area contributed by atoms with Crippen molar-refractivity contribution in [2.45, 2.75) is 37.3 Å². The second kappa shape index (κ2) is 8.31. The molecule has 7 heteroatoms. The van der Waals surface area contributed by atoms with E-state index in [9.17, 15) is 4.39 Å². The predicted octanol–water partition coefficient (Wildman–Crippen LogP) is 3.69. The van der Waals surface area contributed by atoms with E-state index in [1.165, 1.54) is 12.1 Å². The Bertz CT molecular complexity index is 956. The van der Waals surface area contributed by atoms with Crippen LogP contribution in [0.4, 0.5) is 4.39 Å². The molecule has 2 aromatic carbocycles. The van der Waals surface area contributed by atoms with Crippen LogP contribution in [0.15, 0.2) is 48.5 Å². The summed E-state index contributed by atoms with van der Waals surface area (Å²) in [4.78, 5) is 4.85. The molecule has 6 nitrogen and oxygen atoms in total. The largest absolute Gasteiger partial charge is 0.497 e. The average Bonchev–Trinajstić information content (AvgIpc) is 3.20. The van der Waals surface area contributed by atoms with Crippen LogP contribution >= 0.6 is 0 Å². The minimum atomic E-state index is -0.284. The Hall–Kier alpha value is -2.77. The summed E-state index contributed by atoms with van der Waals surface area (Å²) in [5.74, 6) is 2.09. The highest BCUT2D eigenvalue weighted by Crippen LogP contribution is 2.35. The van der Waals surface area contributed by atoms with Gasteiger partial charge in [-0.1, -0.05) is 0 Å². The van der Waals surface area contributed by atoms with E-state index in [4.69, 9.17) is 25.3 Å². The highest BCUT2D eigenvalue weighted by atomic mass is 19.1. The summed E-state index contributed by atoms with van der Waals surface area (Å²) in [6, 6.07) is 14.0. The smallest absolute Gasteiger partial charge is 0.181 e. The molecule has 1 aromatic heterocycles. The quantitative estimate of drug-likeness (QED) is 0.712. The first-order valence-corrected chi connectivity index (χ1v) is 9.74. The SMILES string of the molecule is COc1ccc(-n2nc(-c3ccc(F)cc3)nc2[C@H]2CC[C@@H](N)[C@H](OC)C2)cc1. The molecule has 0 aliphatic heterocycles. The molecule has 4 rings (SSSR count).